The van der Waals surface area contributed by atoms with Gasteiger partial charge in [0.1, 0.15) is 5.25 Å². The standard InChI is InChI=1S/C15H34N2O3S/c1-5-9-16(10-6-2)13-15(21(18,19)20)14-17(11-7-3)12-8-4/h15H,5-14H2,1-4H3,(H,18,19,20). The second kappa shape index (κ2) is 11.4. The van der Waals surface area contributed by atoms with Gasteiger partial charge in [-0.3, -0.25) is 4.55 Å². The molecule has 0 atom stereocenters. The van der Waals surface area contributed by atoms with Crippen LogP contribution in [0.2, 0.25) is 0 Å². The fourth-order valence-electron chi connectivity index (χ4n) is 2.68. The van der Waals surface area contributed by atoms with Crippen LogP contribution in [0.5, 0.6) is 0 Å². The monoisotopic (exact) mass is 322 g/mol. The number of rotatable bonds is 13. The summed E-state index contributed by atoms with van der Waals surface area (Å²) in [5, 5.41) is -0.714. The second-order valence-electron chi connectivity index (χ2n) is 5.74. The van der Waals surface area contributed by atoms with Crippen molar-refractivity contribution >= 4 is 10.1 Å². The molecular weight excluding hydrogens is 288 g/mol. The third kappa shape index (κ3) is 9.45. The summed E-state index contributed by atoms with van der Waals surface area (Å²) in [6.07, 6.45) is 3.97. The highest BCUT2D eigenvalue weighted by Gasteiger charge is 2.27. The van der Waals surface area contributed by atoms with Crippen molar-refractivity contribution in [2.75, 3.05) is 39.3 Å². The van der Waals surface area contributed by atoms with Gasteiger partial charge in [0.15, 0.2) is 0 Å². The molecule has 128 valence electrons. The maximum atomic E-state index is 11.7. The fraction of sp³-hybridized carbons (Fsp3) is 1.00. The Labute approximate surface area is 131 Å². The van der Waals surface area contributed by atoms with Crippen molar-refractivity contribution in [2.24, 2.45) is 0 Å². The van der Waals surface area contributed by atoms with E-state index in [9.17, 15) is 13.0 Å². The molecule has 0 aliphatic rings. The maximum Gasteiger partial charge on any atom is 0.270 e. The van der Waals surface area contributed by atoms with Gasteiger partial charge in [-0.15, -0.1) is 0 Å². The average molecular weight is 323 g/mol. The van der Waals surface area contributed by atoms with Crippen molar-refractivity contribution in [1.29, 1.82) is 0 Å². The SMILES string of the molecule is CCCN(CCC)CC(CN(CCC)CCC)S(=O)(=O)O. The van der Waals surface area contributed by atoms with E-state index in [0.29, 0.717) is 13.1 Å². The van der Waals surface area contributed by atoms with E-state index in [2.05, 4.69) is 37.5 Å². The Hall–Kier alpha value is -0.170. The molecule has 0 spiro atoms. The third-order valence-electron chi connectivity index (χ3n) is 3.50. The lowest BCUT2D eigenvalue weighted by atomic mass is 10.2. The molecule has 6 heteroatoms. The van der Waals surface area contributed by atoms with Crippen LogP contribution in [0, 0.1) is 0 Å². The molecule has 0 bridgehead atoms. The van der Waals surface area contributed by atoms with Crippen LogP contribution in [0.1, 0.15) is 53.4 Å². The van der Waals surface area contributed by atoms with Gasteiger partial charge in [0.25, 0.3) is 10.1 Å². The minimum absolute atomic E-state index is 0.421. The van der Waals surface area contributed by atoms with E-state index in [-0.39, 0.29) is 0 Å². The number of nitrogens with zero attached hydrogens (tertiary/aromatic N) is 2. The van der Waals surface area contributed by atoms with Crippen molar-refractivity contribution < 1.29 is 13.0 Å². The van der Waals surface area contributed by atoms with Crippen LogP contribution in [0.25, 0.3) is 0 Å². The van der Waals surface area contributed by atoms with E-state index >= 15 is 0 Å². The Morgan fingerprint density at radius 2 is 1.05 bits per heavy atom. The molecule has 0 aliphatic heterocycles. The third-order valence-corrected chi connectivity index (χ3v) is 4.64. The predicted molar refractivity (Wildman–Crippen MR) is 89.4 cm³/mol. The molecule has 0 amide bonds. The lowest BCUT2D eigenvalue weighted by molar-refractivity contribution is 0.223. The largest absolute Gasteiger partial charge is 0.302 e. The van der Waals surface area contributed by atoms with Crippen LogP contribution in [-0.4, -0.2) is 67.3 Å². The first kappa shape index (κ1) is 20.8. The van der Waals surface area contributed by atoms with Crippen LogP contribution >= 0.6 is 0 Å². The summed E-state index contributed by atoms with van der Waals surface area (Å²) >= 11 is 0. The van der Waals surface area contributed by atoms with E-state index in [4.69, 9.17) is 0 Å². The Balaban J connectivity index is 4.85. The molecule has 0 aromatic carbocycles. The van der Waals surface area contributed by atoms with Gasteiger partial charge >= 0.3 is 0 Å². The van der Waals surface area contributed by atoms with Crippen LogP contribution < -0.4 is 0 Å². The molecule has 1 N–H and O–H groups in total. The topological polar surface area (TPSA) is 60.9 Å². The molecule has 0 heterocycles. The maximum absolute atomic E-state index is 11.7. The molecule has 0 aromatic rings. The first-order valence-corrected chi connectivity index (χ1v) is 9.80. The van der Waals surface area contributed by atoms with Gasteiger partial charge in [-0.25, -0.2) is 0 Å². The quantitative estimate of drug-likeness (QED) is 0.528. The van der Waals surface area contributed by atoms with Gasteiger partial charge < -0.3 is 9.80 Å². The molecule has 21 heavy (non-hydrogen) atoms. The zero-order chi connectivity index (χ0) is 16.3. The van der Waals surface area contributed by atoms with Crippen molar-refractivity contribution in [3.63, 3.8) is 0 Å². The highest BCUT2D eigenvalue weighted by atomic mass is 32.2. The zero-order valence-electron chi connectivity index (χ0n) is 14.2. The Morgan fingerprint density at radius 3 is 1.24 bits per heavy atom. The van der Waals surface area contributed by atoms with E-state index < -0.39 is 15.4 Å². The fourth-order valence-corrected chi connectivity index (χ4v) is 3.47. The van der Waals surface area contributed by atoms with Gasteiger partial charge in [-0.2, -0.15) is 8.42 Å². The molecule has 0 fully saturated rings. The minimum Gasteiger partial charge on any atom is -0.302 e. The van der Waals surface area contributed by atoms with Gasteiger partial charge in [0, 0.05) is 13.1 Å². The van der Waals surface area contributed by atoms with E-state index in [0.717, 1.165) is 51.9 Å². The normalized spacial score (nSPS) is 12.8. The van der Waals surface area contributed by atoms with Gasteiger partial charge in [-0.1, -0.05) is 27.7 Å². The predicted octanol–water partition coefficient (Wildman–Crippen LogP) is 2.49. The highest BCUT2D eigenvalue weighted by Crippen LogP contribution is 2.08. The van der Waals surface area contributed by atoms with Crippen LogP contribution in [0.4, 0.5) is 0 Å². The molecular formula is C15H34N2O3S. The molecule has 0 aromatic heterocycles. The first-order chi connectivity index (χ1) is 9.88. The van der Waals surface area contributed by atoms with Gasteiger partial charge in [0.2, 0.25) is 0 Å². The van der Waals surface area contributed by atoms with Crippen molar-refractivity contribution in [2.45, 2.75) is 58.6 Å². The van der Waals surface area contributed by atoms with Crippen molar-refractivity contribution in [3.8, 4) is 0 Å². The Kier molecular flexibility index (Phi) is 11.3. The van der Waals surface area contributed by atoms with Gasteiger partial charge in [0.05, 0.1) is 0 Å². The van der Waals surface area contributed by atoms with Crippen LogP contribution in [0.3, 0.4) is 0 Å². The highest BCUT2D eigenvalue weighted by molar-refractivity contribution is 7.86. The summed E-state index contributed by atoms with van der Waals surface area (Å²) in [5.41, 5.74) is 0. The van der Waals surface area contributed by atoms with Gasteiger partial charge in [-0.05, 0) is 51.9 Å². The summed E-state index contributed by atoms with van der Waals surface area (Å²) in [5.74, 6) is 0. The first-order valence-electron chi connectivity index (χ1n) is 8.29. The average Bonchev–Trinajstić information content (AvgIpc) is 2.38. The smallest absolute Gasteiger partial charge is 0.270 e. The lowest BCUT2D eigenvalue weighted by Gasteiger charge is -2.29. The summed E-state index contributed by atoms with van der Waals surface area (Å²) < 4.78 is 33.0. The molecule has 5 nitrogen and oxygen atoms in total. The zero-order valence-corrected chi connectivity index (χ0v) is 15.0. The van der Waals surface area contributed by atoms with Crippen LogP contribution in [-0.2, 0) is 10.1 Å². The Bertz CT molecular complexity index is 317. The molecule has 0 rings (SSSR count). The lowest BCUT2D eigenvalue weighted by Crippen LogP contribution is -2.45. The summed E-state index contributed by atoms with van der Waals surface area (Å²) in [4.78, 5) is 4.29. The molecule has 0 aliphatic carbocycles. The van der Waals surface area contributed by atoms with E-state index in [1.807, 2.05) is 0 Å². The summed E-state index contributed by atoms with van der Waals surface area (Å²) in [6.45, 7) is 12.7. The molecule has 0 unspecified atom stereocenters. The van der Waals surface area contributed by atoms with Crippen molar-refractivity contribution in [3.05, 3.63) is 0 Å². The number of hydrogen-bond acceptors (Lipinski definition) is 4. The second-order valence-corrected chi connectivity index (χ2v) is 7.43. The summed E-state index contributed by atoms with van der Waals surface area (Å²) in [6, 6.07) is 0. The van der Waals surface area contributed by atoms with Crippen molar-refractivity contribution in [1.82, 2.24) is 9.80 Å². The minimum atomic E-state index is -4.01. The molecule has 0 saturated heterocycles. The summed E-state index contributed by atoms with van der Waals surface area (Å²) in [7, 11) is -4.01. The molecule has 0 radical (unpaired) electrons. The number of hydrogen-bond donors (Lipinski definition) is 1. The Morgan fingerprint density at radius 1 is 0.762 bits per heavy atom. The molecule has 0 saturated carbocycles. The van der Waals surface area contributed by atoms with Crippen LogP contribution in [0.15, 0.2) is 0 Å². The van der Waals surface area contributed by atoms with E-state index in [1.54, 1.807) is 0 Å². The van der Waals surface area contributed by atoms with E-state index in [1.165, 1.54) is 0 Å².